The first-order valence-electron chi connectivity index (χ1n) is 11.1. The van der Waals surface area contributed by atoms with Crippen molar-refractivity contribution in [2.75, 3.05) is 72.4 Å². The molecule has 0 aromatic rings. The molecule has 0 aromatic carbocycles. The molecule has 0 saturated heterocycles. The van der Waals surface area contributed by atoms with Crippen molar-refractivity contribution in [3.63, 3.8) is 0 Å². The minimum absolute atomic E-state index is 0.0876. The molecule has 0 heterocycles. The van der Waals surface area contributed by atoms with Gasteiger partial charge in [0.1, 0.15) is 6.04 Å². The summed E-state index contributed by atoms with van der Waals surface area (Å²) in [4.78, 5) is 36.1. The van der Waals surface area contributed by atoms with Crippen molar-refractivity contribution in [3.05, 3.63) is 0 Å². The van der Waals surface area contributed by atoms with E-state index in [-0.39, 0.29) is 63.5 Å². The summed E-state index contributed by atoms with van der Waals surface area (Å²) in [6.45, 7) is 3.31. The van der Waals surface area contributed by atoms with E-state index in [1.54, 1.807) is 0 Å². The van der Waals surface area contributed by atoms with Gasteiger partial charge in [0.2, 0.25) is 17.7 Å². The first kappa shape index (κ1) is 30.2. The van der Waals surface area contributed by atoms with Crippen molar-refractivity contribution >= 4 is 17.7 Å². The van der Waals surface area contributed by atoms with Crippen LogP contribution in [0.15, 0.2) is 0 Å². The Balaban J connectivity index is 4.30. The SMILES string of the molecule is NCCOCCOCCC(=O)NC(CCCCNC(=O)CCN)C(=O)NCCOCCO. The van der Waals surface area contributed by atoms with Crippen molar-refractivity contribution in [1.29, 1.82) is 0 Å². The van der Waals surface area contributed by atoms with E-state index in [0.717, 1.165) is 0 Å². The van der Waals surface area contributed by atoms with Crippen molar-refractivity contribution in [2.24, 2.45) is 11.5 Å². The molecule has 12 heteroatoms. The second-order valence-electron chi connectivity index (χ2n) is 6.89. The summed E-state index contributed by atoms with van der Waals surface area (Å²) >= 11 is 0. The molecule has 0 spiro atoms. The fourth-order valence-electron chi connectivity index (χ4n) is 2.56. The van der Waals surface area contributed by atoms with E-state index < -0.39 is 6.04 Å². The number of nitrogens with one attached hydrogen (secondary N) is 3. The number of aliphatic hydroxyl groups excluding tert-OH is 1. The number of amides is 3. The van der Waals surface area contributed by atoms with Gasteiger partial charge in [0, 0.05) is 39.0 Å². The van der Waals surface area contributed by atoms with Crippen LogP contribution in [0.5, 0.6) is 0 Å². The molecule has 0 aliphatic rings. The van der Waals surface area contributed by atoms with Crippen LogP contribution >= 0.6 is 0 Å². The van der Waals surface area contributed by atoms with Crippen LogP contribution in [0.4, 0.5) is 0 Å². The molecule has 1 unspecified atom stereocenters. The zero-order chi connectivity index (χ0) is 23.9. The van der Waals surface area contributed by atoms with Gasteiger partial charge in [0.05, 0.1) is 46.2 Å². The van der Waals surface area contributed by atoms with E-state index >= 15 is 0 Å². The molecule has 1 atom stereocenters. The normalized spacial score (nSPS) is 11.7. The third-order valence-corrected chi connectivity index (χ3v) is 4.15. The van der Waals surface area contributed by atoms with Crippen molar-refractivity contribution in [1.82, 2.24) is 16.0 Å². The summed E-state index contributed by atoms with van der Waals surface area (Å²) in [6.07, 6.45) is 2.13. The topological polar surface area (TPSA) is 187 Å². The van der Waals surface area contributed by atoms with Gasteiger partial charge in [-0.15, -0.1) is 0 Å². The van der Waals surface area contributed by atoms with E-state index in [4.69, 9.17) is 30.8 Å². The van der Waals surface area contributed by atoms with E-state index in [0.29, 0.717) is 58.7 Å². The molecule has 0 aliphatic carbocycles. The summed E-state index contributed by atoms with van der Waals surface area (Å²) in [6, 6.07) is -0.701. The maximum absolute atomic E-state index is 12.5. The molecule has 3 amide bonds. The van der Waals surface area contributed by atoms with Gasteiger partial charge in [0.15, 0.2) is 0 Å². The lowest BCUT2D eigenvalue weighted by Crippen LogP contribution is -2.47. The standard InChI is InChI=1S/C20H41N5O7/c21-6-4-18(27)23-8-2-1-3-17(20(29)24-9-13-32-14-10-26)25-19(28)5-11-30-15-16-31-12-7-22/h17,26H,1-16,21-22H2,(H,23,27)(H,24,29)(H,25,28). The number of ether oxygens (including phenoxy) is 3. The maximum Gasteiger partial charge on any atom is 0.242 e. The highest BCUT2D eigenvalue weighted by Gasteiger charge is 2.20. The smallest absolute Gasteiger partial charge is 0.242 e. The molecule has 0 radical (unpaired) electrons. The zero-order valence-corrected chi connectivity index (χ0v) is 18.9. The van der Waals surface area contributed by atoms with Crippen molar-refractivity contribution < 1.29 is 33.7 Å². The molecule has 0 fully saturated rings. The third-order valence-electron chi connectivity index (χ3n) is 4.15. The molecule has 8 N–H and O–H groups in total. The minimum Gasteiger partial charge on any atom is -0.394 e. The number of hydrogen-bond donors (Lipinski definition) is 6. The Labute approximate surface area is 190 Å². The number of hydrogen-bond acceptors (Lipinski definition) is 9. The molecule has 0 saturated carbocycles. The molecule has 0 aromatic heterocycles. The van der Waals surface area contributed by atoms with Crippen LogP contribution in [0.3, 0.4) is 0 Å². The van der Waals surface area contributed by atoms with Gasteiger partial charge < -0.3 is 46.7 Å². The predicted octanol–water partition coefficient (Wildman–Crippen LogP) is -2.39. The predicted molar refractivity (Wildman–Crippen MR) is 119 cm³/mol. The Kier molecular flexibility index (Phi) is 21.1. The summed E-state index contributed by atoms with van der Waals surface area (Å²) in [5.74, 6) is -0.707. The lowest BCUT2D eigenvalue weighted by molar-refractivity contribution is -0.130. The molecular formula is C20H41N5O7. The average molecular weight is 464 g/mol. The molecule has 0 bridgehead atoms. The van der Waals surface area contributed by atoms with Gasteiger partial charge in [-0.25, -0.2) is 0 Å². The fraction of sp³-hybridized carbons (Fsp3) is 0.850. The monoisotopic (exact) mass is 463 g/mol. The number of unbranched alkanes of at least 4 members (excludes halogenated alkanes) is 1. The summed E-state index contributed by atoms with van der Waals surface area (Å²) in [5.41, 5.74) is 10.6. The molecule has 12 nitrogen and oxygen atoms in total. The van der Waals surface area contributed by atoms with Crippen LogP contribution in [0.1, 0.15) is 32.1 Å². The highest BCUT2D eigenvalue weighted by Crippen LogP contribution is 2.02. The Morgan fingerprint density at radius 1 is 0.750 bits per heavy atom. The van der Waals surface area contributed by atoms with Crippen LogP contribution in [-0.4, -0.2) is 101 Å². The van der Waals surface area contributed by atoms with E-state index in [1.807, 2.05) is 0 Å². The summed E-state index contributed by atoms with van der Waals surface area (Å²) in [5, 5.41) is 16.9. The largest absolute Gasteiger partial charge is 0.394 e. The Morgan fingerprint density at radius 2 is 1.47 bits per heavy atom. The zero-order valence-electron chi connectivity index (χ0n) is 18.9. The lowest BCUT2D eigenvalue weighted by atomic mass is 10.1. The molecule has 32 heavy (non-hydrogen) atoms. The van der Waals surface area contributed by atoms with Crippen molar-refractivity contribution in [3.8, 4) is 0 Å². The van der Waals surface area contributed by atoms with Crippen molar-refractivity contribution in [2.45, 2.75) is 38.1 Å². The Morgan fingerprint density at radius 3 is 2.16 bits per heavy atom. The van der Waals surface area contributed by atoms with Crippen LogP contribution in [0, 0.1) is 0 Å². The first-order valence-corrected chi connectivity index (χ1v) is 11.1. The first-order chi connectivity index (χ1) is 15.5. The van der Waals surface area contributed by atoms with E-state index in [2.05, 4.69) is 16.0 Å². The van der Waals surface area contributed by atoms with E-state index in [9.17, 15) is 14.4 Å². The van der Waals surface area contributed by atoms with E-state index in [1.165, 1.54) is 0 Å². The average Bonchev–Trinajstić information content (AvgIpc) is 2.77. The van der Waals surface area contributed by atoms with Gasteiger partial charge in [0.25, 0.3) is 0 Å². The lowest BCUT2D eigenvalue weighted by Gasteiger charge is -2.19. The maximum atomic E-state index is 12.5. The van der Waals surface area contributed by atoms with Crippen LogP contribution < -0.4 is 27.4 Å². The van der Waals surface area contributed by atoms with Gasteiger partial charge in [-0.2, -0.15) is 0 Å². The van der Waals surface area contributed by atoms with Gasteiger partial charge in [-0.3, -0.25) is 14.4 Å². The van der Waals surface area contributed by atoms with Gasteiger partial charge in [-0.05, 0) is 19.3 Å². The van der Waals surface area contributed by atoms with Crippen LogP contribution in [-0.2, 0) is 28.6 Å². The highest BCUT2D eigenvalue weighted by atomic mass is 16.5. The molecule has 188 valence electrons. The third kappa shape index (κ3) is 18.9. The fourth-order valence-corrected chi connectivity index (χ4v) is 2.56. The summed E-state index contributed by atoms with van der Waals surface area (Å²) < 4.78 is 15.6. The number of nitrogens with two attached hydrogens (primary N) is 2. The van der Waals surface area contributed by atoms with Gasteiger partial charge >= 0.3 is 0 Å². The Hall–Kier alpha value is -1.83. The van der Waals surface area contributed by atoms with Gasteiger partial charge in [-0.1, -0.05) is 0 Å². The quantitative estimate of drug-likeness (QED) is 0.0952. The second-order valence-corrected chi connectivity index (χ2v) is 6.89. The number of aliphatic hydroxyl groups is 1. The number of carbonyl (C=O) groups is 3. The summed E-state index contributed by atoms with van der Waals surface area (Å²) in [7, 11) is 0. The highest BCUT2D eigenvalue weighted by molar-refractivity contribution is 5.87. The minimum atomic E-state index is -0.701. The molecule has 0 rings (SSSR count). The number of carbonyl (C=O) groups excluding carboxylic acids is 3. The number of rotatable bonds is 22. The Bertz CT molecular complexity index is 497. The second kappa shape index (κ2) is 22.4. The molecule has 0 aliphatic heterocycles. The molecular weight excluding hydrogens is 422 g/mol. The van der Waals surface area contributed by atoms with Crippen LogP contribution in [0.25, 0.3) is 0 Å². The van der Waals surface area contributed by atoms with Crippen LogP contribution in [0.2, 0.25) is 0 Å².